The van der Waals surface area contributed by atoms with Crippen molar-refractivity contribution >= 4 is 15.9 Å². The summed E-state index contributed by atoms with van der Waals surface area (Å²) in [5.74, 6) is 5.93. The van der Waals surface area contributed by atoms with Gasteiger partial charge in [0, 0.05) is 7.05 Å². The Kier molecular flexibility index (Phi) is 6.21. The molecule has 0 bridgehead atoms. The molecule has 0 aliphatic carbocycles. The minimum absolute atomic E-state index is 0.133. The standard InChI is InChI=1S/C14H18N2O4S/c1-16(21(3,18)19)11-14(17)15-10-6-8-12-7-4-5-9-13(12)20-2/h4-5,7,9H,10-11H2,1-3H3,(H,15,17). The summed E-state index contributed by atoms with van der Waals surface area (Å²) >= 11 is 0. The van der Waals surface area contributed by atoms with Crippen LogP contribution in [-0.4, -0.2) is 52.1 Å². The molecule has 1 amide bonds. The number of carbonyl (C=O) groups excluding carboxylic acids is 1. The minimum atomic E-state index is -3.36. The lowest BCUT2D eigenvalue weighted by atomic mass is 10.2. The van der Waals surface area contributed by atoms with Gasteiger partial charge in [0.05, 0.1) is 32.0 Å². The zero-order valence-corrected chi connectivity index (χ0v) is 13.0. The normalized spacial score (nSPS) is 10.7. The van der Waals surface area contributed by atoms with Gasteiger partial charge in [-0.1, -0.05) is 24.0 Å². The molecule has 0 aliphatic heterocycles. The molecule has 0 unspecified atom stereocenters. The van der Waals surface area contributed by atoms with Crippen molar-refractivity contribution in [3.63, 3.8) is 0 Å². The Balaban J connectivity index is 2.51. The SMILES string of the molecule is COc1ccccc1C#CCNC(=O)CN(C)S(C)(=O)=O. The van der Waals surface area contributed by atoms with E-state index in [2.05, 4.69) is 17.2 Å². The molecule has 21 heavy (non-hydrogen) atoms. The number of benzene rings is 1. The molecular weight excluding hydrogens is 292 g/mol. The quantitative estimate of drug-likeness (QED) is 0.780. The Morgan fingerprint density at radius 1 is 1.38 bits per heavy atom. The second kappa shape index (κ2) is 7.67. The fourth-order valence-electron chi connectivity index (χ4n) is 1.41. The first-order chi connectivity index (χ1) is 9.84. The highest BCUT2D eigenvalue weighted by Crippen LogP contribution is 2.15. The van der Waals surface area contributed by atoms with Gasteiger partial charge in [0.15, 0.2) is 0 Å². The maximum Gasteiger partial charge on any atom is 0.236 e. The van der Waals surface area contributed by atoms with E-state index in [-0.39, 0.29) is 13.1 Å². The summed E-state index contributed by atoms with van der Waals surface area (Å²) in [7, 11) is -0.459. The summed E-state index contributed by atoms with van der Waals surface area (Å²) in [5.41, 5.74) is 0.725. The van der Waals surface area contributed by atoms with Crippen LogP contribution in [0.1, 0.15) is 5.56 Å². The summed E-state index contributed by atoms with van der Waals surface area (Å²) in [6.45, 7) is -0.0936. The molecule has 0 aliphatic rings. The number of sulfonamides is 1. The molecule has 1 aromatic rings. The Labute approximate surface area is 125 Å². The van der Waals surface area contributed by atoms with Gasteiger partial charge in [-0.2, -0.15) is 4.31 Å². The topological polar surface area (TPSA) is 75.7 Å². The zero-order valence-electron chi connectivity index (χ0n) is 12.2. The average molecular weight is 310 g/mol. The van der Waals surface area contributed by atoms with Crippen molar-refractivity contribution in [3.05, 3.63) is 29.8 Å². The van der Waals surface area contributed by atoms with E-state index in [1.807, 2.05) is 18.2 Å². The fraction of sp³-hybridized carbons (Fsp3) is 0.357. The molecule has 6 nitrogen and oxygen atoms in total. The Hall–Kier alpha value is -2.04. The van der Waals surface area contributed by atoms with Gasteiger partial charge in [-0.05, 0) is 12.1 Å². The van der Waals surface area contributed by atoms with Gasteiger partial charge in [-0.3, -0.25) is 4.79 Å². The fourth-order valence-corrected chi connectivity index (χ4v) is 1.76. The third-order valence-corrected chi connectivity index (χ3v) is 3.90. The first-order valence-corrected chi connectivity index (χ1v) is 7.99. The van der Waals surface area contributed by atoms with Gasteiger partial charge in [0.1, 0.15) is 5.75 Å². The molecule has 0 radical (unpaired) electrons. The molecule has 0 saturated heterocycles. The summed E-state index contributed by atoms with van der Waals surface area (Å²) in [6.07, 6.45) is 1.04. The van der Waals surface area contributed by atoms with Crippen molar-refractivity contribution in [2.24, 2.45) is 0 Å². The van der Waals surface area contributed by atoms with E-state index in [0.29, 0.717) is 5.75 Å². The number of carbonyl (C=O) groups is 1. The largest absolute Gasteiger partial charge is 0.495 e. The number of rotatable bonds is 5. The predicted molar refractivity (Wildman–Crippen MR) is 80.4 cm³/mol. The summed E-state index contributed by atoms with van der Waals surface area (Å²) < 4.78 is 28.4. The lowest BCUT2D eigenvalue weighted by Crippen LogP contribution is -2.37. The van der Waals surface area contributed by atoms with Crippen molar-refractivity contribution in [3.8, 4) is 17.6 Å². The summed E-state index contributed by atoms with van der Waals surface area (Å²) in [4.78, 5) is 11.5. The highest BCUT2D eigenvalue weighted by molar-refractivity contribution is 7.88. The third kappa shape index (κ3) is 5.85. The predicted octanol–water partition coefficient (Wildman–Crippen LogP) is 0.0543. The zero-order chi connectivity index (χ0) is 15.9. The molecule has 1 aromatic carbocycles. The van der Waals surface area contributed by atoms with Gasteiger partial charge in [0.25, 0.3) is 0 Å². The second-order valence-corrected chi connectivity index (χ2v) is 6.39. The van der Waals surface area contributed by atoms with Crippen LogP contribution in [0.15, 0.2) is 24.3 Å². The second-order valence-electron chi connectivity index (χ2n) is 4.30. The highest BCUT2D eigenvalue weighted by Gasteiger charge is 2.14. The molecule has 1 N–H and O–H groups in total. The van der Waals surface area contributed by atoms with Gasteiger partial charge < -0.3 is 10.1 Å². The average Bonchev–Trinajstić information content (AvgIpc) is 2.43. The Bertz CT molecular complexity index is 659. The van der Waals surface area contributed by atoms with Crippen molar-refractivity contribution in [1.82, 2.24) is 9.62 Å². The number of methoxy groups -OCH3 is 1. The highest BCUT2D eigenvalue weighted by atomic mass is 32.2. The molecule has 0 atom stereocenters. The van der Waals surface area contributed by atoms with Crippen LogP contribution in [0.2, 0.25) is 0 Å². The van der Waals surface area contributed by atoms with Crippen molar-refractivity contribution in [2.75, 3.05) is 33.5 Å². The molecule has 1 rings (SSSR count). The summed E-state index contributed by atoms with van der Waals surface area (Å²) in [5, 5.41) is 2.53. The Morgan fingerprint density at radius 2 is 2.05 bits per heavy atom. The van der Waals surface area contributed by atoms with Crippen molar-refractivity contribution in [1.29, 1.82) is 0 Å². The van der Waals surface area contributed by atoms with E-state index in [9.17, 15) is 13.2 Å². The number of hydrogen-bond acceptors (Lipinski definition) is 4. The number of ether oxygens (including phenoxy) is 1. The first kappa shape index (κ1) is 17.0. The maximum absolute atomic E-state index is 11.5. The number of para-hydroxylation sites is 1. The van der Waals surface area contributed by atoms with Gasteiger partial charge in [-0.25, -0.2) is 8.42 Å². The van der Waals surface area contributed by atoms with Crippen molar-refractivity contribution in [2.45, 2.75) is 0 Å². The molecule has 0 aromatic heterocycles. The van der Waals surface area contributed by atoms with E-state index in [4.69, 9.17) is 4.74 Å². The monoisotopic (exact) mass is 310 g/mol. The van der Waals surface area contributed by atoms with E-state index >= 15 is 0 Å². The Morgan fingerprint density at radius 3 is 2.67 bits per heavy atom. The summed E-state index contributed by atoms with van der Waals surface area (Å²) in [6, 6.07) is 7.29. The van der Waals surface area contributed by atoms with E-state index in [1.165, 1.54) is 7.05 Å². The molecule has 0 heterocycles. The number of amides is 1. The van der Waals surface area contributed by atoms with E-state index in [1.54, 1.807) is 13.2 Å². The minimum Gasteiger partial charge on any atom is -0.495 e. The molecule has 0 spiro atoms. The van der Waals surface area contributed by atoms with Crippen LogP contribution >= 0.6 is 0 Å². The van der Waals surface area contributed by atoms with Crippen LogP contribution in [0.3, 0.4) is 0 Å². The lowest BCUT2D eigenvalue weighted by Gasteiger charge is -2.12. The number of likely N-dealkylation sites (N-methyl/N-ethyl adjacent to an activating group) is 1. The smallest absolute Gasteiger partial charge is 0.236 e. The third-order valence-electron chi connectivity index (χ3n) is 2.64. The van der Waals surface area contributed by atoms with E-state index in [0.717, 1.165) is 16.1 Å². The van der Waals surface area contributed by atoms with Crippen LogP contribution in [0, 0.1) is 11.8 Å². The number of nitrogens with zero attached hydrogens (tertiary/aromatic N) is 1. The molecule has 7 heteroatoms. The molecule has 0 fully saturated rings. The van der Waals surface area contributed by atoms with Crippen LogP contribution < -0.4 is 10.1 Å². The maximum atomic E-state index is 11.5. The van der Waals surface area contributed by atoms with Crippen LogP contribution in [0.5, 0.6) is 5.75 Å². The van der Waals surface area contributed by atoms with Gasteiger partial charge >= 0.3 is 0 Å². The number of hydrogen-bond donors (Lipinski definition) is 1. The molecular formula is C14H18N2O4S. The first-order valence-electron chi connectivity index (χ1n) is 6.14. The van der Waals surface area contributed by atoms with Gasteiger partial charge in [-0.15, -0.1) is 0 Å². The van der Waals surface area contributed by atoms with Crippen LogP contribution in [0.4, 0.5) is 0 Å². The van der Waals surface area contributed by atoms with E-state index < -0.39 is 15.9 Å². The lowest BCUT2D eigenvalue weighted by molar-refractivity contribution is -0.120. The molecule has 114 valence electrons. The van der Waals surface area contributed by atoms with Crippen LogP contribution in [0.25, 0.3) is 0 Å². The number of nitrogens with one attached hydrogen (secondary N) is 1. The van der Waals surface area contributed by atoms with Crippen molar-refractivity contribution < 1.29 is 17.9 Å². The van der Waals surface area contributed by atoms with Crippen LogP contribution in [-0.2, 0) is 14.8 Å². The van der Waals surface area contributed by atoms with Gasteiger partial charge in [0.2, 0.25) is 15.9 Å². The molecule has 0 saturated carbocycles.